The maximum Gasteiger partial charge on any atom is 0.0700 e. The maximum atomic E-state index is 4.87. The van der Waals surface area contributed by atoms with Crippen molar-refractivity contribution in [3.63, 3.8) is 0 Å². The van der Waals surface area contributed by atoms with E-state index in [-0.39, 0.29) is 5.92 Å². The van der Waals surface area contributed by atoms with Crippen molar-refractivity contribution >= 4 is 22.8 Å². The van der Waals surface area contributed by atoms with Crippen molar-refractivity contribution in [2.45, 2.75) is 0 Å². The fourth-order valence-corrected chi connectivity index (χ4v) is 3.82. The Bertz CT molecular complexity index is 1260. The summed E-state index contributed by atoms with van der Waals surface area (Å²) in [5, 5.41) is 0. The Morgan fingerprint density at radius 2 is 1.00 bits per heavy atom. The molecule has 0 amide bonds. The van der Waals surface area contributed by atoms with Crippen LogP contribution in [0.2, 0.25) is 0 Å². The van der Waals surface area contributed by atoms with Crippen molar-refractivity contribution in [2.75, 3.05) is 0 Å². The summed E-state index contributed by atoms with van der Waals surface area (Å²) >= 11 is 0. The van der Waals surface area contributed by atoms with Gasteiger partial charge in [-0.25, -0.2) is 20.0 Å². The molecule has 0 aromatic carbocycles. The Labute approximate surface area is 168 Å². The van der Waals surface area contributed by atoms with Gasteiger partial charge in [-0.3, -0.25) is 0 Å². The second kappa shape index (κ2) is 6.31. The minimum atomic E-state index is 0.238. The molecule has 0 N–H and O–H groups in total. The van der Waals surface area contributed by atoms with E-state index in [0.29, 0.717) is 0 Å². The number of rotatable bonds is 1. The Kier molecular flexibility index (Phi) is 3.50. The number of hydrogen-bond acceptors (Lipinski definition) is 4. The largest absolute Gasteiger partial charge is 0.249 e. The highest BCUT2D eigenvalue weighted by molar-refractivity contribution is 6.15. The molecular weight excluding hydrogens is 356 g/mol. The van der Waals surface area contributed by atoms with Crippen LogP contribution in [-0.4, -0.2) is 22.8 Å². The maximum absolute atomic E-state index is 4.87. The van der Waals surface area contributed by atoms with Crippen LogP contribution in [0, 0.1) is 5.92 Å². The van der Waals surface area contributed by atoms with Crippen LogP contribution in [0.4, 0.5) is 0 Å². The molecule has 29 heavy (non-hydrogen) atoms. The van der Waals surface area contributed by atoms with E-state index in [1.54, 1.807) is 0 Å². The van der Waals surface area contributed by atoms with Gasteiger partial charge in [0.1, 0.15) is 0 Å². The van der Waals surface area contributed by atoms with Crippen LogP contribution in [0.15, 0.2) is 139 Å². The smallest absolute Gasteiger partial charge is 0.0700 e. The Balaban J connectivity index is 1.50. The van der Waals surface area contributed by atoms with Gasteiger partial charge in [-0.2, -0.15) is 0 Å². The van der Waals surface area contributed by atoms with Gasteiger partial charge in [0.2, 0.25) is 0 Å². The fraction of sp³-hybridized carbons (Fsp3) is 0.0400. The minimum absolute atomic E-state index is 0.238. The third-order valence-electron chi connectivity index (χ3n) is 5.18. The van der Waals surface area contributed by atoms with Gasteiger partial charge in [0.05, 0.1) is 45.6 Å². The summed E-state index contributed by atoms with van der Waals surface area (Å²) in [5.41, 5.74) is 8.38. The molecule has 1 aliphatic carbocycles. The molecule has 6 rings (SSSR count). The van der Waals surface area contributed by atoms with Gasteiger partial charge in [-0.05, 0) is 72.4 Å². The molecule has 0 radical (unpaired) electrons. The number of allylic oxidation sites excluding steroid dienone is 16. The summed E-state index contributed by atoms with van der Waals surface area (Å²) < 4.78 is 0. The zero-order valence-corrected chi connectivity index (χ0v) is 15.5. The van der Waals surface area contributed by atoms with Crippen molar-refractivity contribution in [3.8, 4) is 0 Å². The third-order valence-corrected chi connectivity index (χ3v) is 5.18. The van der Waals surface area contributed by atoms with Gasteiger partial charge >= 0.3 is 0 Å². The molecule has 0 saturated carbocycles. The fourth-order valence-electron chi connectivity index (χ4n) is 3.82. The second-order valence-corrected chi connectivity index (χ2v) is 7.28. The molecule has 0 saturated heterocycles. The lowest BCUT2D eigenvalue weighted by Gasteiger charge is -2.07. The average Bonchev–Trinajstić information content (AvgIpc) is 3.50. The number of fused-ring (bicyclic) bond motifs is 4. The average molecular weight is 372 g/mol. The predicted molar refractivity (Wildman–Crippen MR) is 119 cm³/mol. The summed E-state index contributed by atoms with van der Waals surface area (Å²) in [5.74, 6) is 0.238. The summed E-state index contributed by atoms with van der Waals surface area (Å²) in [6.07, 6.45) is 30.8. The standard InChI is InChI=1S/C25H16N4/c1-2-4-16(3-1)24-14-23-13-21-8-7-19(27-21)11-17-5-6-18(26-17)12-20-9-10-22(28-20)15-25(24)29-23/h1-16H. The predicted octanol–water partition coefficient (Wildman–Crippen LogP) is 4.69. The number of hydrogen-bond donors (Lipinski definition) is 0. The van der Waals surface area contributed by atoms with Gasteiger partial charge in [-0.15, -0.1) is 0 Å². The molecule has 0 aromatic rings. The van der Waals surface area contributed by atoms with E-state index in [4.69, 9.17) is 15.0 Å². The molecule has 5 heterocycles. The molecule has 5 aliphatic heterocycles. The van der Waals surface area contributed by atoms with E-state index in [1.807, 2.05) is 54.7 Å². The molecular formula is C25H16N4. The Morgan fingerprint density at radius 1 is 0.483 bits per heavy atom. The SMILES string of the molecule is C1=CC(C2=CC3=NC2=CC2=NC(=CC4=NC(=CC5=NC(=C3)C=C5)C=C4)C=C2)C=C1. The van der Waals surface area contributed by atoms with Crippen molar-refractivity contribution in [2.24, 2.45) is 25.9 Å². The van der Waals surface area contributed by atoms with E-state index in [2.05, 4.69) is 41.4 Å². The van der Waals surface area contributed by atoms with Crippen LogP contribution in [0.25, 0.3) is 0 Å². The highest BCUT2D eigenvalue weighted by Gasteiger charge is 2.21. The minimum Gasteiger partial charge on any atom is -0.249 e. The van der Waals surface area contributed by atoms with Gasteiger partial charge in [0.25, 0.3) is 0 Å². The zero-order chi connectivity index (χ0) is 19.2. The Hall–Kier alpha value is -3.92. The van der Waals surface area contributed by atoms with E-state index in [0.717, 1.165) is 45.6 Å². The van der Waals surface area contributed by atoms with E-state index in [1.165, 1.54) is 5.57 Å². The highest BCUT2D eigenvalue weighted by Crippen LogP contribution is 2.32. The molecule has 4 nitrogen and oxygen atoms in total. The first-order valence-corrected chi connectivity index (χ1v) is 9.61. The quantitative estimate of drug-likeness (QED) is 0.641. The molecule has 0 spiro atoms. The lowest BCUT2D eigenvalue weighted by atomic mass is 9.97. The van der Waals surface area contributed by atoms with Crippen LogP contribution in [0.3, 0.4) is 0 Å². The molecule has 0 atom stereocenters. The van der Waals surface area contributed by atoms with Crippen LogP contribution in [-0.2, 0) is 0 Å². The molecule has 136 valence electrons. The second-order valence-electron chi connectivity index (χ2n) is 7.28. The first-order valence-electron chi connectivity index (χ1n) is 9.61. The summed E-state index contributed by atoms with van der Waals surface area (Å²) in [7, 11) is 0. The van der Waals surface area contributed by atoms with Crippen molar-refractivity contribution in [1.82, 2.24) is 0 Å². The topological polar surface area (TPSA) is 49.4 Å². The molecule has 0 unspecified atom stereocenters. The van der Waals surface area contributed by atoms with Crippen molar-refractivity contribution < 1.29 is 0 Å². The van der Waals surface area contributed by atoms with E-state index >= 15 is 0 Å². The molecule has 4 heteroatoms. The molecule has 0 fully saturated rings. The third kappa shape index (κ3) is 3.05. The first-order chi connectivity index (χ1) is 14.3. The van der Waals surface area contributed by atoms with Crippen molar-refractivity contribution in [1.29, 1.82) is 0 Å². The molecule has 0 aromatic heterocycles. The first kappa shape index (κ1) is 16.1. The van der Waals surface area contributed by atoms with Gasteiger partial charge in [-0.1, -0.05) is 24.3 Å². The molecule has 8 bridgehead atoms. The van der Waals surface area contributed by atoms with Crippen LogP contribution in [0.1, 0.15) is 0 Å². The van der Waals surface area contributed by atoms with E-state index < -0.39 is 0 Å². The lowest BCUT2D eigenvalue weighted by Crippen LogP contribution is -1.97. The van der Waals surface area contributed by atoms with Crippen molar-refractivity contribution in [3.05, 3.63) is 120 Å². The van der Waals surface area contributed by atoms with Crippen LogP contribution in [0.5, 0.6) is 0 Å². The highest BCUT2D eigenvalue weighted by atomic mass is 14.8. The van der Waals surface area contributed by atoms with Crippen LogP contribution < -0.4 is 0 Å². The van der Waals surface area contributed by atoms with Gasteiger partial charge in [0.15, 0.2) is 0 Å². The van der Waals surface area contributed by atoms with E-state index in [9.17, 15) is 0 Å². The Morgan fingerprint density at radius 3 is 1.59 bits per heavy atom. The van der Waals surface area contributed by atoms with Gasteiger partial charge in [0, 0.05) is 5.92 Å². The molecule has 6 aliphatic rings. The zero-order valence-electron chi connectivity index (χ0n) is 15.5. The number of aliphatic imine (C=N–C) groups is 4. The summed E-state index contributed by atoms with van der Waals surface area (Å²) in [4.78, 5) is 18.9. The summed E-state index contributed by atoms with van der Waals surface area (Å²) in [6.45, 7) is 0. The lowest BCUT2D eigenvalue weighted by molar-refractivity contribution is 0.998. The monoisotopic (exact) mass is 372 g/mol. The normalized spacial score (nSPS) is 23.5. The van der Waals surface area contributed by atoms with Gasteiger partial charge < -0.3 is 0 Å². The summed E-state index contributed by atoms with van der Waals surface area (Å²) in [6, 6.07) is 0. The number of nitrogens with zero attached hydrogens (tertiary/aromatic N) is 4. The van der Waals surface area contributed by atoms with Crippen LogP contribution >= 0.6 is 0 Å².